The largest absolute Gasteiger partial charge is 0.559 e. The zero-order valence-corrected chi connectivity index (χ0v) is 7.71. The van der Waals surface area contributed by atoms with Crippen molar-refractivity contribution in [2.45, 2.75) is 0 Å². The molecule has 0 aromatic carbocycles. The molecule has 1 saturated heterocycles. The predicted molar refractivity (Wildman–Crippen MR) is 42.9 cm³/mol. The van der Waals surface area contributed by atoms with E-state index in [0.717, 1.165) is 0 Å². The molecular weight excluding hydrogens is 219 g/mol. The number of hydrogen-bond donors (Lipinski definition) is 1. The fourth-order valence-electron chi connectivity index (χ4n) is 0.615. The Morgan fingerprint density at radius 3 is 2.92 bits per heavy atom. The SMILES string of the molecule is O=c1ccnc(OP2(=O)OSO2)[nH]1. The Labute approximate surface area is 76.5 Å². The second-order valence-corrected chi connectivity index (χ2v) is 4.40. The van der Waals surface area contributed by atoms with E-state index in [2.05, 4.69) is 22.4 Å². The molecule has 0 aliphatic carbocycles. The molecule has 70 valence electrons. The van der Waals surface area contributed by atoms with Crippen molar-refractivity contribution < 1.29 is 17.0 Å². The summed E-state index contributed by atoms with van der Waals surface area (Å²) in [4.78, 5) is 16.5. The van der Waals surface area contributed by atoms with E-state index < -0.39 is 13.4 Å². The van der Waals surface area contributed by atoms with Gasteiger partial charge in [0.25, 0.3) is 5.56 Å². The van der Waals surface area contributed by atoms with Crippen molar-refractivity contribution in [1.82, 2.24) is 9.97 Å². The first-order valence-corrected chi connectivity index (χ1v) is 5.20. The first kappa shape index (κ1) is 8.76. The third-order valence-corrected chi connectivity index (χ3v) is 3.43. The molecule has 1 aromatic rings. The van der Waals surface area contributed by atoms with Crippen LogP contribution in [0.2, 0.25) is 0 Å². The molecule has 1 aliphatic heterocycles. The van der Waals surface area contributed by atoms with Crippen molar-refractivity contribution in [2.24, 2.45) is 0 Å². The zero-order valence-electron chi connectivity index (χ0n) is 6.00. The van der Waals surface area contributed by atoms with Gasteiger partial charge in [-0.05, 0) is 0 Å². The van der Waals surface area contributed by atoms with E-state index in [-0.39, 0.29) is 6.01 Å². The van der Waals surface area contributed by atoms with Crippen molar-refractivity contribution >= 4 is 20.1 Å². The summed E-state index contributed by atoms with van der Waals surface area (Å²) in [6.45, 7) is 0. The van der Waals surface area contributed by atoms with Gasteiger partial charge >= 0.3 is 13.8 Å². The highest BCUT2D eigenvalue weighted by Gasteiger charge is 2.41. The minimum absolute atomic E-state index is 0.198. The Morgan fingerprint density at radius 1 is 1.62 bits per heavy atom. The van der Waals surface area contributed by atoms with Gasteiger partial charge in [0.1, 0.15) is 0 Å². The molecule has 1 N–H and O–H groups in total. The Morgan fingerprint density at radius 2 is 2.38 bits per heavy atom. The predicted octanol–water partition coefficient (Wildman–Crippen LogP) is 0.867. The van der Waals surface area contributed by atoms with Crippen LogP contribution in [0.15, 0.2) is 17.1 Å². The highest BCUT2D eigenvalue weighted by Crippen LogP contribution is 2.64. The summed E-state index contributed by atoms with van der Waals surface area (Å²) in [5, 5.41) is 0. The Hall–Kier alpha value is -0.820. The van der Waals surface area contributed by atoms with Crippen molar-refractivity contribution in [1.29, 1.82) is 0 Å². The lowest BCUT2D eigenvalue weighted by molar-refractivity contribution is 0.269. The Bertz CT molecular complexity index is 411. The first-order chi connectivity index (χ1) is 6.18. The second-order valence-electron chi connectivity index (χ2n) is 1.99. The van der Waals surface area contributed by atoms with Gasteiger partial charge in [-0.15, -0.1) is 0 Å². The van der Waals surface area contributed by atoms with Crippen LogP contribution in [0.5, 0.6) is 6.01 Å². The average molecular weight is 222 g/mol. The maximum absolute atomic E-state index is 11.1. The van der Waals surface area contributed by atoms with E-state index in [9.17, 15) is 9.36 Å². The van der Waals surface area contributed by atoms with Crippen molar-refractivity contribution in [2.75, 3.05) is 0 Å². The molecule has 7 nitrogen and oxygen atoms in total. The van der Waals surface area contributed by atoms with Gasteiger partial charge in [-0.2, -0.15) is 7.94 Å². The quantitative estimate of drug-likeness (QED) is 0.586. The van der Waals surface area contributed by atoms with Crippen LogP contribution in [0.1, 0.15) is 0 Å². The summed E-state index contributed by atoms with van der Waals surface area (Å²) in [6, 6.07) is 0.996. The number of rotatable bonds is 2. The summed E-state index contributed by atoms with van der Waals surface area (Å²) >= 11 is 0.560. The van der Waals surface area contributed by atoms with Crippen LogP contribution in [0.3, 0.4) is 0 Å². The number of aromatic nitrogens is 2. The van der Waals surface area contributed by atoms with Gasteiger partial charge in [-0.3, -0.25) is 9.78 Å². The number of H-pyrrole nitrogens is 1. The summed E-state index contributed by atoms with van der Waals surface area (Å²) in [7, 11) is -3.50. The zero-order chi connectivity index (χ0) is 9.31. The van der Waals surface area contributed by atoms with E-state index in [1.165, 1.54) is 12.3 Å². The summed E-state index contributed by atoms with van der Waals surface area (Å²) < 4.78 is 24.6. The average Bonchev–Trinajstić information content (AvgIpc) is 2.01. The molecule has 0 bridgehead atoms. The lowest BCUT2D eigenvalue weighted by atomic mass is 10.7. The molecule has 1 fully saturated rings. The van der Waals surface area contributed by atoms with Crippen LogP contribution in [-0.2, 0) is 12.5 Å². The number of nitrogens with zero attached hydrogens (tertiary/aromatic N) is 1. The second kappa shape index (κ2) is 3.15. The van der Waals surface area contributed by atoms with Gasteiger partial charge in [0.15, 0.2) is 12.3 Å². The van der Waals surface area contributed by atoms with Crippen LogP contribution in [0.25, 0.3) is 0 Å². The third-order valence-electron chi connectivity index (χ3n) is 1.09. The molecule has 0 atom stereocenters. The molecule has 0 unspecified atom stereocenters. The normalized spacial score (nSPS) is 19.1. The smallest absolute Gasteiger partial charge is 0.368 e. The van der Waals surface area contributed by atoms with Crippen molar-refractivity contribution in [3.63, 3.8) is 0 Å². The molecule has 0 amide bonds. The monoisotopic (exact) mass is 222 g/mol. The topological polar surface area (TPSA) is 90.5 Å². The lowest BCUT2D eigenvalue weighted by Gasteiger charge is -2.20. The number of hydrogen-bond acceptors (Lipinski definition) is 7. The molecule has 2 rings (SSSR count). The number of nitrogens with one attached hydrogen (secondary N) is 1. The van der Waals surface area contributed by atoms with Gasteiger partial charge in [-0.25, -0.2) is 9.55 Å². The Balaban J connectivity index is 2.18. The Kier molecular flexibility index (Phi) is 2.12. The minimum atomic E-state index is -3.50. The van der Waals surface area contributed by atoms with Gasteiger partial charge in [0, 0.05) is 12.3 Å². The first-order valence-electron chi connectivity index (χ1n) is 3.08. The highest BCUT2D eigenvalue weighted by atomic mass is 32.2. The lowest BCUT2D eigenvalue weighted by Crippen LogP contribution is -2.10. The maximum atomic E-state index is 11.1. The molecule has 1 aliphatic rings. The molecule has 0 radical (unpaired) electrons. The molecule has 0 spiro atoms. The molecule has 9 heteroatoms. The standard InChI is InChI=1S/C4H3N2O5PS/c7-3-1-2-5-4(6-3)9-12(8)10-13-11-12/h1-2H,(H,5,6,7). The van der Waals surface area contributed by atoms with Crippen LogP contribution < -0.4 is 10.1 Å². The summed E-state index contributed by atoms with van der Waals surface area (Å²) in [5.74, 6) is 0. The fourth-order valence-corrected chi connectivity index (χ4v) is 1.80. The van der Waals surface area contributed by atoms with Crippen LogP contribution in [0, 0.1) is 0 Å². The van der Waals surface area contributed by atoms with E-state index in [4.69, 9.17) is 0 Å². The van der Waals surface area contributed by atoms with E-state index >= 15 is 0 Å². The third kappa shape index (κ3) is 1.92. The molecule has 13 heavy (non-hydrogen) atoms. The van der Waals surface area contributed by atoms with Crippen molar-refractivity contribution in [3.8, 4) is 6.01 Å². The number of aromatic amines is 1. The summed E-state index contributed by atoms with van der Waals surface area (Å²) in [6.07, 6.45) is 1.22. The summed E-state index contributed by atoms with van der Waals surface area (Å²) in [5.41, 5.74) is -0.412. The molecule has 0 saturated carbocycles. The van der Waals surface area contributed by atoms with Gasteiger partial charge in [0.05, 0.1) is 0 Å². The molecule has 1 aromatic heterocycles. The van der Waals surface area contributed by atoms with E-state index in [1.54, 1.807) is 0 Å². The van der Waals surface area contributed by atoms with E-state index in [0.29, 0.717) is 12.3 Å². The highest BCUT2D eigenvalue weighted by molar-refractivity contribution is 8.02. The number of phosphoric acid groups is 1. The van der Waals surface area contributed by atoms with Crippen LogP contribution in [-0.4, -0.2) is 9.97 Å². The minimum Gasteiger partial charge on any atom is -0.368 e. The van der Waals surface area contributed by atoms with Crippen molar-refractivity contribution in [3.05, 3.63) is 22.6 Å². The van der Waals surface area contributed by atoms with E-state index in [1.807, 2.05) is 0 Å². The molecular formula is C4H3N2O5PS. The van der Waals surface area contributed by atoms with Gasteiger partial charge in [0.2, 0.25) is 0 Å². The molecule has 2 heterocycles. The van der Waals surface area contributed by atoms with Crippen LogP contribution >= 0.6 is 20.1 Å². The fraction of sp³-hybridized carbons (Fsp3) is 0. The van der Waals surface area contributed by atoms with Gasteiger partial charge in [-0.1, -0.05) is 0 Å². The van der Waals surface area contributed by atoms with Gasteiger partial charge < -0.3 is 4.52 Å². The maximum Gasteiger partial charge on any atom is 0.559 e. The van der Waals surface area contributed by atoms with Crippen LogP contribution in [0.4, 0.5) is 0 Å².